The summed E-state index contributed by atoms with van der Waals surface area (Å²) in [5.41, 5.74) is 0.422. The van der Waals surface area contributed by atoms with Crippen molar-refractivity contribution >= 4 is 22.6 Å². The fourth-order valence-electron chi connectivity index (χ4n) is 2.21. The molecule has 22 heavy (non-hydrogen) atoms. The molecule has 0 unspecified atom stereocenters. The summed E-state index contributed by atoms with van der Waals surface area (Å²) in [6, 6.07) is 13.9. The molecule has 0 aromatic heterocycles. The molecule has 0 aliphatic rings. The van der Waals surface area contributed by atoms with Crippen molar-refractivity contribution in [3.8, 4) is 6.07 Å². The van der Waals surface area contributed by atoms with Gasteiger partial charge in [0.05, 0.1) is 6.07 Å². The molecule has 0 aliphatic carbocycles. The molecule has 0 saturated heterocycles. The van der Waals surface area contributed by atoms with Crippen molar-refractivity contribution in [3.05, 3.63) is 48.0 Å². The highest BCUT2D eigenvalue weighted by Gasteiger charge is 2.20. The van der Waals surface area contributed by atoms with Crippen LogP contribution in [0.25, 0.3) is 10.8 Å². The highest BCUT2D eigenvalue weighted by molar-refractivity contribution is 6.00. The third-order valence-electron chi connectivity index (χ3n) is 3.40. The minimum atomic E-state index is -1.09. The van der Waals surface area contributed by atoms with Crippen molar-refractivity contribution in [3.63, 3.8) is 0 Å². The molecule has 2 rings (SSSR count). The summed E-state index contributed by atoms with van der Waals surface area (Å²) < 4.78 is 0. The molecule has 2 N–H and O–H groups in total. The molecule has 0 aliphatic heterocycles. The van der Waals surface area contributed by atoms with Crippen LogP contribution in [0.1, 0.15) is 29.6 Å². The minimum absolute atomic E-state index is 0.238. The van der Waals surface area contributed by atoms with E-state index in [0.29, 0.717) is 12.0 Å². The van der Waals surface area contributed by atoms with Crippen LogP contribution in [0.4, 0.5) is 0 Å². The van der Waals surface area contributed by atoms with Gasteiger partial charge in [0.2, 0.25) is 0 Å². The van der Waals surface area contributed by atoms with Crippen LogP contribution in [-0.2, 0) is 4.79 Å². The smallest absolute Gasteiger partial charge is 0.326 e. The Morgan fingerprint density at radius 3 is 2.59 bits per heavy atom. The van der Waals surface area contributed by atoms with Gasteiger partial charge in [-0.3, -0.25) is 4.79 Å². The normalized spacial score (nSPS) is 11.6. The fourth-order valence-corrected chi connectivity index (χ4v) is 2.21. The van der Waals surface area contributed by atoms with E-state index in [0.717, 1.165) is 10.8 Å². The molecular weight excluding hydrogens is 280 g/mol. The van der Waals surface area contributed by atoms with Gasteiger partial charge >= 0.3 is 5.97 Å². The van der Waals surface area contributed by atoms with Gasteiger partial charge in [0.1, 0.15) is 6.04 Å². The lowest BCUT2D eigenvalue weighted by molar-refractivity contribution is -0.139. The first-order valence-electron chi connectivity index (χ1n) is 7.01. The SMILES string of the molecule is N#CCCC[C@H](NC(=O)c1ccc2ccccc2c1)C(=O)O. The third kappa shape index (κ3) is 3.83. The van der Waals surface area contributed by atoms with E-state index < -0.39 is 17.9 Å². The van der Waals surface area contributed by atoms with Crippen LogP contribution in [0.5, 0.6) is 0 Å². The van der Waals surface area contributed by atoms with E-state index in [9.17, 15) is 9.59 Å². The molecule has 5 nitrogen and oxygen atoms in total. The van der Waals surface area contributed by atoms with Gasteiger partial charge in [-0.15, -0.1) is 0 Å². The second-order valence-corrected chi connectivity index (χ2v) is 4.98. The van der Waals surface area contributed by atoms with Crippen molar-refractivity contribution < 1.29 is 14.7 Å². The van der Waals surface area contributed by atoms with Crippen LogP contribution < -0.4 is 5.32 Å². The monoisotopic (exact) mass is 296 g/mol. The van der Waals surface area contributed by atoms with Gasteiger partial charge in [-0.2, -0.15) is 5.26 Å². The van der Waals surface area contributed by atoms with E-state index in [1.807, 2.05) is 36.4 Å². The molecule has 0 heterocycles. The van der Waals surface area contributed by atoms with Gasteiger partial charge in [-0.25, -0.2) is 4.79 Å². The Bertz CT molecular complexity index is 734. The first kappa shape index (κ1) is 15.5. The highest BCUT2D eigenvalue weighted by atomic mass is 16.4. The predicted molar refractivity (Wildman–Crippen MR) is 82.3 cm³/mol. The van der Waals surface area contributed by atoms with Gasteiger partial charge in [0.15, 0.2) is 0 Å². The number of benzene rings is 2. The van der Waals surface area contributed by atoms with Crippen LogP contribution >= 0.6 is 0 Å². The molecule has 2 aromatic rings. The number of fused-ring (bicyclic) bond motifs is 1. The Morgan fingerprint density at radius 2 is 1.91 bits per heavy atom. The Kier molecular flexibility index (Phi) is 5.10. The highest BCUT2D eigenvalue weighted by Crippen LogP contribution is 2.16. The average molecular weight is 296 g/mol. The number of nitriles is 1. The summed E-state index contributed by atoms with van der Waals surface area (Å²) in [4.78, 5) is 23.4. The van der Waals surface area contributed by atoms with Gasteiger partial charge in [0, 0.05) is 12.0 Å². The number of rotatable bonds is 6. The number of carbonyl (C=O) groups is 2. The molecule has 112 valence electrons. The molecule has 5 heteroatoms. The first-order chi connectivity index (χ1) is 10.6. The van der Waals surface area contributed by atoms with Crippen LogP contribution in [0.3, 0.4) is 0 Å². The zero-order valence-electron chi connectivity index (χ0n) is 12.0. The molecule has 0 saturated carbocycles. The minimum Gasteiger partial charge on any atom is -0.480 e. The average Bonchev–Trinajstić information content (AvgIpc) is 2.53. The lowest BCUT2D eigenvalue weighted by atomic mass is 10.1. The zero-order chi connectivity index (χ0) is 15.9. The topological polar surface area (TPSA) is 90.2 Å². The Labute approximate surface area is 128 Å². The molecule has 1 amide bonds. The van der Waals surface area contributed by atoms with Crippen molar-refractivity contribution in [1.82, 2.24) is 5.32 Å². The maximum Gasteiger partial charge on any atom is 0.326 e. The number of unbranched alkanes of at least 4 members (excludes halogenated alkanes) is 1. The maximum atomic E-state index is 12.2. The number of aliphatic carboxylic acids is 1. The molecule has 2 aromatic carbocycles. The summed E-state index contributed by atoms with van der Waals surface area (Å²) in [7, 11) is 0. The number of nitrogens with one attached hydrogen (secondary N) is 1. The fraction of sp³-hybridized carbons (Fsp3) is 0.235. The van der Waals surface area contributed by atoms with Gasteiger partial charge in [0.25, 0.3) is 5.91 Å². The van der Waals surface area contributed by atoms with E-state index in [4.69, 9.17) is 10.4 Å². The Balaban J connectivity index is 2.11. The number of hydrogen-bond acceptors (Lipinski definition) is 3. The van der Waals surface area contributed by atoms with E-state index >= 15 is 0 Å². The van der Waals surface area contributed by atoms with E-state index in [1.165, 1.54) is 0 Å². The summed E-state index contributed by atoms with van der Waals surface area (Å²) in [5.74, 6) is -1.51. The summed E-state index contributed by atoms with van der Waals surface area (Å²) in [5, 5.41) is 22.1. The predicted octanol–water partition coefficient (Wildman–Crippen LogP) is 2.72. The molecule has 1 atom stereocenters. The van der Waals surface area contributed by atoms with Crippen molar-refractivity contribution in [2.45, 2.75) is 25.3 Å². The van der Waals surface area contributed by atoms with Gasteiger partial charge in [-0.05, 0) is 35.7 Å². The lowest BCUT2D eigenvalue weighted by Crippen LogP contribution is -2.40. The van der Waals surface area contributed by atoms with Gasteiger partial charge < -0.3 is 10.4 Å². The number of amides is 1. The Hall–Kier alpha value is -2.87. The van der Waals surface area contributed by atoms with Crippen molar-refractivity contribution in [2.24, 2.45) is 0 Å². The van der Waals surface area contributed by atoms with Crippen molar-refractivity contribution in [2.75, 3.05) is 0 Å². The van der Waals surface area contributed by atoms with E-state index in [1.54, 1.807) is 12.1 Å². The van der Waals surface area contributed by atoms with E-state index in [2.05, 4.69) is 5.32 Å². The summed E-state index contributed by atoms with van der Waals surface area (Å²) in [6.45, 7) is 0. The van der Waals surface area contributed by atoms with Crippen LogP contribution in [-0.4, -0.2) is 23.0 Å². The summed E-state index contributed by atoms with van der Waals surface area (Å²) >= 11 is 0. The van der Waals surface area contributed by atoms with Gasteiger partial charge in [-0.1, -0.05) is 30.3 Å². The van der Waals surface area contributed by atoms with Crippen LogP contribution in [0, 0.1) is 11.3 Å². The Morgan fingerprint density at radius 1 is 1.18 bits per heavy atom. The lowest BCUT2D eigenvalue weighted by Gasteiger charge is -2.14. The summed E-state index contributed by atoms with van der Waals surface area (Å²) in [6.07, 6.45) is 0.948. The second kappa shape index (κ2) is 7.23. The molecule has 0 bridgehead atoms. The largest absolute Gasteiger partial charge is 0.480 e. The zero-order valence-corrected chi connectivity index (χ0v) is 12.0. The number of hydrogen-bond donors (Lipinski definition) is 2. The first-order valence-corrected chi connectivity index (χ1v) is 7.01. The number of carboxylic acid groups (broad SMARTS) is 1. The van der Waals surface area contributed by atoms with E-state index in [-0.39, 0.29) is 12.8 Å². The number of carbonyl (C=O) groups excluding carboxylic acids is 1. The van der Waals surface area contributed by atoms with Crippen LogP contribution in [0.2, 0.25) is 0 Å². The number of nitrogens with zero attached hydrogens (tertiary/aromatic N) is 1. The standard InChI is InChI=1S/C17H16N2O3/c18-10-4-3-7-15(17(21)22)19-16(20)14-9-8-12-5-1-2-6-13(12)11-14/h1-2,5-6,8-9,11,15H,3-4,7H2,(H,19,20)(H,21,22)/t15-/m0/s1. The third-order valence-corrected chi connectivity index (χ3v) is 3.40. The molecular formula is C17H16N2O3. The molecule has 0 fully saturated rings. The molecule has 0 radical (unpaired) electrons. The van der Waals surface area contributed by atoms with Crippen molar-refractivity contribution in [1.29, 1.82) is 5.26 Å². The van der Waals surface area contributed by atoms with Crippen LogP contribution in [0.15, 0.2) is 42.5 Å². The number of carboxylic acids is 1. The molecule has 0 spiro atoms. The quantitative estimate of drug-likeness (QED) is 0.802. The maximum absolute atomic E-state index is 12.2. The second-order valence-electron chi connectivity index (χ2n) is 4.98.